The van der Waals surface area contributed by atoms with Crippen molar-refractivity contribution in [3.8, 4) is 34.3 Å². The lowest BCUT2D eigenvalue weighted by molar-refractivity contribution is -0.0512. The number of nitrogens with zero attached hydrogens (tertiary/aromatic N) is 4. The van der Waals surface area contributed by atoms with Gasteiger partial charge in [0.25, 0.3) is 0 Å². The molecule has 0 aliphatic carbocycles. The van der Waals surface area contributed by atoms with E-state index in [1.54, 1.807) is 18.2 Å². The van der Waals surface area contributed by atoms with E-state index >= 15 is 0 Å². The van der Waals surface area contributed by atoms with Gasteiger partial charge in [0.15, 0.2) is 17.3 Å². The lowest BCUT2D eigenvalue weighted by atomic mass is 10.2. The van der Waals surface area contributed by atoms with Gasteiger partial charge in [-0.25, -0.2) is 9.37 Å². The average Bonchev–Trinajstić information content (AvgIpc) is 3.42. The largest absolute Gasteiger partial charge is 0.493 e. The van der Waals surface area contributed by atoms with Gasteiger partial charge in [-0.1, -0.05) is 29.1 Å². The quantitative estimate of drug-likeness (QED) is 0.391. The van der Waals surface area contributed by atoms with Crippen molar-refractivity contribution in [1.29, 1.82) is 0 Å². The number of H-pyrrole nitrogens is 1. The van der Waals surface area contributed by atoms with Crippen LogP contribution < -0.4 is 9.47 Å². The van der Waals surface area contributed by atoms with Crippen LogP contribution in [0.5, 0.6) is 11.5 Å². The number of nitrogens with one attached hydrogen (secondary N) is 1. The van der Waals surface area contributed by atoms with E-state index in [0.717, 1.165) is 0 Å². The summed E-state index contributed by atoms with van der Waals surface area (Å²) in [6.07, 6.45) is 0. The number of thioether (sulfide) groups is 1. The molecule has 2 aromatic carbocycles. The van der Waals surface area contributed by atoms with Crippen LogP contribution in [-0.2, 0) is 5.75 Å². The van der Waals surface area contributed by atoms with Crippen LogP contribution in [0.3, 0.4) is 0 Å². The first-order valence-corrected chi connectivity index (χ1v) is 9.78. The third kappa shape index (κ3) is 4.79. The second-order valence-corrected chi connectivity index (χ2v) is 6.93. The van der Waals surface area contributed by atoms with Gasteiger partial charge in [-0.3, -0.25) is 5.10 Å². The van der Waals surface area contributed by atoms with Gasteiger partial charge in [-0.05, 0) is 30.3 Å². The van der Waals surface area contributed by atoms with Crippen LogP contribution in [0.1, 0.15) is 5.89 Å². The zero-order chi connectivity index (χ0) is 21.8. The number of methoxy groups -OCH3 is 1. The van der Waals surface area contributed by atoms with Crippen molar-refractivity contribution < 1.29 is 27.2 Å². The first-order valence-electron chi connectivity index (χ1n) is 8.79. The van der Waals surface area contributed by atoms with Gasteiger partial charge in [0.2, 0.25) is 16.9 Å². The third-order valence-corrected chi connectivity index (χ3v) is 4.86. The molecule has 4 aromatic rings. The van der Waals surface area contributed by atoms with E-state index in [1.807, 2.05) is 0 Å². The molecular weight excluding hydrogens is 435 g/mol. The number of hydrogen-bond donors (Lipinski definition) is 1. The number of aromatic nitrogens is 5. The smallest absolute Gasteiger partial charge is 0.387 e. The number of rotatable bonds is 8. The van der Waals surface area contributed by atoms with E-state index in [1.165, 1.54) is 43.1 Å². The first kappa shape index (κ1) is 20.7. The fourth-order valence-electron chi connectivity index (χ4n) is 2.64. The number of benzene rings is 2. The van der Waals surface area contributed by atoms with Crippen molar-refractivity contribution in [3.63, 3.8) is 0 Å². The lowest BCUT2D eigenvalue weighted by Gasteiger charge is -2.10. The Labute approximate surface area is 177 Å². The van der Waals surface area contributed by atoms with E-state index in [2.05, 4.69) is 30.1 Å². The summed E-state index contributed by atoms with van der Waals surface area (Å²) in [4.78, 5) is 8.52. The van der Waals surface area contributed by atoms with E-state index in [-0.39, 0.29) is 23.1 Å². The van der Waals surface area contributed by atoms with Gasteiger partial charge in [-0.15, -0.1) is 5.10 Å². The summed E-state index contributed by atoms with van der Waals surface area (Å²) in [6, 6.07) is 10.5. The molecule has 0 aliphatic rings. The maximum atomic E-state index is 13.9. The van der Waals surface area contributed by atoms with E-state index in [4.69, 9.17) is 9.26 Å². The molecule has 0 bridgehead atoms. The molecule has 0 amide bonds. The molecule has 0 fully saturated rings. The predicted octanol–water partition coefficient (Wildman–Crippen LogP) is 4.56. The van der Waals surface area contributed by atoms with Gasteiger partial charge < -0.3 is 14.0 Å². The number of halogens is 3. The Morgan fingerprint density at radius 1 is 1.13 bits per heavy atom. The SMILES string of the molecule is COc1cc(-c2noc(CSc3n[nH]c(-c4ccccc4F)n3)n2)ccc1OC(F)F. The number of aromatic amines is 1. The van der Waals surface area contributed by atoms with Crippen molar-refractivity contribution in [1.82, 2.24) is 25.3 Å². The molecule has 0 atom stereocenters. The molecule has 0 aliphatic heterocycles. The summed E-state index contributed by atoms with van der Waals surface area (Å²) < 4.78 is 53.5. The van der Waals surface area contributed by atoms with Crippen LogP contribution >= 0.6 is 11.8 Å². The van der Waals surface area contributed by atoms with Crippen molar-refractivity contribution in [2.75, 3.05) is 7.11 Å². The fraction of sp³-hybridized carbons (Fsp3) is 0.158. The maximum absolute atomic E-state index is 13.9. The van der Waals surface area contributed by atoms with E-state index < -0.39 is 12.4 Å². The third-order valence-electron chi connectivity index (χ3n) is 4.02. The lowest BCUT2D eigenvalue weighted by Crippen LogP contribution is -2.03. The molecule has 1 N–H and O–H groups in total. The van der Waals surface area contributed by atoms with Crippen molar-refractivity contribution >= 4 is 11.8 Å². The zero-order valence-electron chi connectivity index (χ0n) is 15.9. The van der Waals surface area contributed by atoms with E-state index in [0.29, 0.717) is 28.0 Å². The summed E-state index contributed by atoms with van der Waals surface area (Å²) in [5.74, 6) is 0.729. The van der Waals surface area contributed by atoms with Crippen molar-refractivity contribution in [2.24, 2.45) is 0 Å². The highest BCUT2D eigenvalue weighted by atomic mass is 32.2. The number of alkyl halides is 2. The van der Waals surface area contributed by atoms with Gasteiger partial charge >= 0.3 is 6.61 Å². The first-order chi connectivity index (χ1) is 15.0. The normalized spacial score (nSPS) is 11.1. The molecule has 0 saturated heterocycles. The summed E-state index contributed by atoms with van der Waals surface area (Å²) >= 11 is 1.22. The number of hydrogen-bond acceptors (Lipinski definition) is 8. The van der Waals surface area contributed by atoms with Gasteiger partial charge in [0, 0.05) is 5.56 Å². The van der Waals surface area contributed by atoms with E-state index in [9.17, 15) is 13.2 Å². The average molecular weight is 449 g/mol. The molecule has 0 radical (unpaired) electrons. The van der Waals surface area contributed by atoms with Crippen LogP contribution in [0, 0.1) is 5.82 Å². The highest BCUT2D eigenvalue weighted by molar-refractivity contribution is 7.98. The zero-order valence-corrected chi connectivity index (χ0v) is 16.7. The summed E-state index contributed by atoms with van der Waals surface area (Å²) in [7, 11) is 1.34. The fourth-order valence-corrected chi connectivity index (χ4v) is 3.28. The Balaban J connectivity index is 1.44. The van der Waals surface area contributed by atoms with Gasteiger partial charge in [0.05, 0.1) is 18.4 Å². The van der Waals surface area contributed by atoms with Crippen LogP contribution in [0.4, 0.5) is 13.2 Å². The van der Waals surface area contributed by atoms with Crippen LogP contribution in [0.2, 0.25) is 0 Å². The Hall–Kier alpha value is -3.54. The highest BCUT2D eigenvalue weighted by Crippen LogP contribution is 2.33. The standard InChI is InChI=1S/C19H14F3N5O3S/c1-28-14-8-10(6-7-13(14)29-18(21)22)16-23-15(30-27-16)9-31-19-24-17(25-26-19)11-4-2-3-5-12(11)20/h2-8,18H,9H2,1H3,(H,24,25,26). The Morgan fingerprint density at radius 2 is 1.97 bits per heavy atom. The summed E-state index contributed by atoms with van der Waals surface area (Å²) in [5.41, 5.74) is 0.813. The van der Waals surface area contributed by atoms with Gasteiger partial charge in [-0.2, -0.15) is 13.8 Å². The molecule has 12 heteroatoms. The highest BCUT2D eigenvalue weighted by Gasteiger charge is 2.16. The Kier molecular flexibility index (Phi) is 6.07. The topological polar surface area (TPSA) is 99.0 Å². The second kappa shape index (κ2) is 9.08. The molecule has 4 rings (SSSR count). The van der Waals surface area contributed by atoms with Crippen molar-refractivity contribution in [2.45, 2.75) is 17.5 Å². The number of ether oxygens (including phenoxy) is 2. The Morgan fingerprint density at radius 3 is 2.74 bits per heavy atom. The molecule has 160 valence electrons. The second-order valence-electron chi connectivity index (χ2n) is 5.99. The minimum atomic E-state index is -2.97. The summed E-state index contributed by atoms with van der Waals surface area (Å²) in [5, 5.41) is 11.0. The molecule has 0 spiro atoms. The molecule has 2 heterocycles. The van der Waals surface area contributed by atoms with Crippen molar-refractivity contribution in [3.05, 3.63) is 54.2 Å². The minimum absolute atomic E-state index is 0.101. The predicted molar refractivity (Wildman–Crippen MR) is 104 cm³/mol. The minimum Gasteiger partial charge on any atom is -0.493 e. The monoisotopic (exact) mass is 449 g/mol. The van der Waals surface area contributed by atoms with Crippen LogP contribution in [0.25, 0.3) is 22.8 Å². The maximum Gasteiger partial charge on any atom is 0.387 e. The van der Waals surface area contributed by atoms with Crippen LogP contribution in [0.15, 0.2) is 52.1 Å². The van der Waals surface area contributed by atoms with Gasteiger partial charge in [0.1, 0.15) is 5.82 Å². The molecule has 0 unspecified atom stereocenters. The Bertz CT molecular complexity index is 1180. The van der Waals surface area contributed by atoms with Crippen LogP contribution in [-0.4, -0.2) is 39.0 Å². The molecular formula is C19H14F3N5O3S. The molecule has 0 saturated carbocycles. The summed E-state index contributed by atoms with van der Waals surface area (Å²) in [6.45, 7) is -2.97. The molecule has 8 nitrogen and oxygen atoms in total. The molecule has 2 aromatic heterocycles. The molecule has 31 heavy (non-hydrogen) atoms.